The molecular formula is C7H13FO3. The molecule has 0 unspecified atom stereocenters. The highest BCUT2D eigenvalue weighted by Gasteiger charge is 2.13. The van der Waals surface area contributed by atoms with Crippen molar-refractivity contribution in [3.8, 4) is 0 Å². The van der Waals surface area contributed by atoms with Crippen molar-refractivity contribution in [2.75, 3.05) is 6.61 Å². The van der Waals surface area contributed by atoms with Crippen molar-refractivity contribution in [1.29, 1.82) is 0 Å². The van der Waals surface area contributed by atoms with Crippen molar-refractivity contribution in [2.24, 2.45) is 0 Å². The van der Waals surface area contributed by atoms with Crippen LogP contribution in [0.3, 0.4) is 0 Å². The Morgan fingerprint density at radius 3 is 2.55 bits per heavy atom. The van der Waals surface area contributed by atoms with Gasteiger partial charge < -0.3 is 9.84 Å². The van der Waals surface area contributed by atoms with Crippen LogP contribution in [0.5, 0.6) is 0 Å². The minimum atomic E-state index is -1.50. The first-order chi connectivity index (χ1) is 5.06. The van der Waals surface area contributed by atoms with Gasteiger partial charge in [0, 0.05) is 0 Å². The zero-order chi connectivity index (χ0) is 8.85. The van der Waals surface area contributed by atoms with Crippen LogP contribution in [0.1, 0.15) is 20.3 Å². The molecule has 0 bridgehead atoms. The maximum atomic E-state index is 12.3. The van der Waals surface area contributed by atoms with Crippen molar-refractivity contribution in [3.63, 3.8) is 0 Å². The molecule has 0 radical (unpaired) electrons. The van der Waals surface area contributed by atoms with Crippen molar-refractivity contribution >= 4 is 5.97 Å². The van der Waals surface area contributed by atoms with Gasteiger partial charge in [-0.25, -0.2) is 4.39 Å². The van der Waals surface area contributed by atoms with Crippen LogP contribution >= 0.6 is 0 Å². The Morgan fingerprint density at radius 1 is 1.64 bits per heavy atom. The van der Waals surface area contributed by atoms with Crippen LogP contribution < -0.4 is 0 Å². The highest BCUT2D eigenvalue weighted by Crippen LogP contribution is 2.00. The van der Waals surface area contributed by atoms with E-state index in [1.54, 1.807) is 13.8 Å². The largest absolute Gasteiger partial charge is 0.463 e. The lowest BCUT2D eigenvalue weighted by molar-refractivity contribution is -0.149. The monoisotopic (exact) mass is 164 g/mol. The summed E-state index contributed by atoms with van der Waals surface area (Å²) < 4.78 is 16.9. The van der Waals surface area contributed by atoms with E-state index in [1.165, 1.54) is 0 Å². The van der Waals surface area contributed by atoms with E-state index >= 15 is 0 Å². The standard InChI is InChI=1S/C7H13FO3/c1-5(2)11-7(10)3-6(8)4-9/h5-6,9H,3-4H2,1-2H3/t6-/m1/s1. The average molecular weight is 164 g/mol. The van der Waals surface area contributed by atoms with Gasteiger partial charge in [-0.05, 0) is 13.8 Å². The summed E-state index contributed by atoms with van der Waals surface area (Å²) in [5.41, 5.74) is 0. The Kier molecular flexibility index (Phi) is 4.77. The fourth-order valence-electron chi connectivity index (χ4n) is 0.556. The lowest BCUT2D eigenvalue weighted by atomic mass is 10.3. The molecule has 0 aromatic rings. The molecule has 0 amide bonds. The fraction of sp³-hybridized carbons (Fsp3) is 0.857. The molecule has 0 rings (SSSR count). The topological polar surface area (TPSA) is 46.5 Å². The number of hydrogen-bond donors (Lipinski definition) is 1. The number of esters is 1. The Bertz CT molecular complexity index is 125. The second-order valence-electron chi connectivity index (χ2n) is 2.52. The maximum Gasteiger partial charge on any atom is 0.309 e. The summed E-state index contributed by atoms with van der Waals surface area (Å²) in [6.07, 6.45) is -2.09. The molecule has 66 valence electrons. The van der Waals surface area contributed by atoms with E-state index in [9.17, 15) is 9.18 Å². The second kappa shape index (κ2) is 5.07. The Balaban J connectivity index is 3.52. The molecule has 1 atom stereocenters. The normalized spacial score (nSPS) is 13.2. The summed E-state index contributed by atoms with van der Waals surface area (Å²) in [6.45, 7) is 2.74. The van der Waals surface area contributed by atoms with Gasteiger partial charge in [0.2, 0.25) is 0 Å². The molecule has 0 aromatic heterocycles. The second-order valence-corrected chi connectivity index (χ2v) is 2.52. The number of carbonyl (C=O) groups excluding carboxylic acids is 1. The third kappa shape index (κ3) is 5.79. The molecule has 0 aromatic carbocycles. The van der Waals surface area contributed by atoms with Crippen molar-refractivity contribution in [2.45, 2.75) is 32.5 Å². The third-order valence-corrected chi connectivity index (χ3v) is 0.953. The molecule has 3 nitrogen and oxygen atoms in total. The van der Waals surface area contributed by atoms with E-state index in [0.717, 1.165) is 0 Å². The van der Waals surface area contributed by atoms with Crippen LogP contribution in [0.15, 0.2) is 0 Å². The van der Waals surface area contributed by atoms with Gasteiger partial charge in [0.25, 0.3) is 0 Å². The van der Waals surface area contributed by atoms with E-state index in [0.29, 0.717) is 0 Å². The van der Waals surface area contributed by atoms with Gasteiger partial charge in [-0.3, -0.25) is 4.79 Å². The summed E-state index contributed by atoms with van der Waals surface area (Å²) >= 11 is 0. The molecule has 0 fully saturated rings. The van der Waals surface area contributed by atoms with Crippen LogP contribution in [0.25, 0.3) is 0 Å². The predicted molar refractivity (Wildman–Crippen MR) is 37.8 cm³/mol. The molecule has 0 saturated carbocycles. The Morgan fingerprint density at radius 2 is 2.18 bits per heavy atom. The molecule has 0 heterocycles. The zero-order valence-corrected chi connectivity index (χ0v) is 6.71. The maximum absolute atomic E-state index is 12.3. The number of carbonyl (C=O) groups is 1. The predicted octanol–water partition coefficient (Wildman–Crippen LogP) is 0.659. The number of ether oxygens (including phenoxy) is 1. The van der Waals surface area contributed by atoms with Crippen molar-refractivity contribution in [3.05, 3.63) is 0 Å². The minimum Gasteiger partial charge on any atom is -0.463 e. The zero-order valence-electron chi connectivity index (χ0n) is 6.71. The van der Waals surface area contributed by atoms with Crippen molar-refractivity contribution in [1.82, 2.24) is 0 Å². The van der Waals surface area contributed by atoms with Gasteiger partial charge in [-0.15, -0.1) is 0 Å². The third-order valence-electron chi connectivity index (χ3n) is 0.953. The SMILES string of the molecule is CC(C)OC(=O)C[C@@H](F)CO. The number of aliphatic hydroxyl groups is 1. The summed E-state index contributed by atoms with van der Waals surface area (Å²) in [6, 6.07) is 0. The molecule has 0 spiro atoms. The summed E-state index contributed by atoms with van der Waals surface area (Å²) in [5, 5.41) is 8.24. The van der Waals surface area contributed by atoms with E-state index in [-0.39, 0.29) is 12.5 Å². The smallest absolute Gasteiger partial charge is 0.309 e. The summed E-state index contributed by atoms with van der Waals surface area (Å²) in [7, 11) is 0. The van der Waals surface area contributed by atoms with Gasteiger partial charge in [0.15, 0.2) is 0 Å². The minimum absolute atomic E-state index is 0.228. The molecule has 0 saturated heterocycles. The molecule has 11 heavy (non-hydrogen) atoms. The first-order valence-corrected chi connectivity index (χ1v) is 3.50. The first kappa shape index (κ1) is 10.4. The molecule has 1 N–H and O–H groups in total. The van der Waals surface area contributed by atoms with E-state index in [2.05, 4.69) is 4.74 Å². The van der Waals surface area contributed by atoms with Gasteiger partial charge in [0.1, 0.15) is 6.17 Å². The lowest BCUT2D eigenvalue weighted by Gasteiger charge is -2.08. The number of halogens is 1. The molecule has 4 heteroatoms. The lowest BCUT2D eigenvalue weighted by Crippen LogP contribution is -2.18. The molecule has 0 aliphatic heterocycles. The van der Waals surface area contributed by atoms with E-state index in [4.69, 9.17) is 5.11 Å². The highest BCUT2D eigenvalue weighted by molar-refractivity contribution is 5.70. The molecule has 0 aliphatic rings. The van der Waals surface area contributed by atoms with Gasteiger partial charge in [0.05, 0.1) is 19.1 Å². The van der Waals surface area contributed by atoms with Crippen LogP contribution in [-0.2, 0) is 9.53 Å². The highest BCUT2D eigenvalue weighted by atomic mass is 19.1. The average Bonchev–Trinajstić information content (AvgIpc) is 1.85. The van der Waals surface area contributed by atoms with E-state index in [1.807, 2.05) is 0 Å². The van der Waals surface area contributed by atoms with Crippen LogP contribution in [0.4, 0.5) is 4.39 Å². The number of rotatable bonds is 4. The Labute approximate surface area is 65.2 Å². The number of aliphatic hydroxyl groups excluding tert-OH is 1. The van der Waals surface area contributed by atoms with Crippen LogP contribution in [0, 0.1) is 0 Å². The summed E-state index contributed by atoms with van der Waals surface area (Å²) in [4.78, 5) is 10.6. The fourth-order valence-corrected chi connectivity index (χ4v) is 0.556. The Hall–Kier alpha value is -0.640. The van der Waals surface area contributed by atoms with Gasteiger partial charge in [-0.1, -0.05) is 0 Å². The van der Waals surface area contributed by atoms with Crippen LogP contribution in [-0.4, -0.2) is 30.0 Å². The number of alkyl halides is 1. The van der Waals surface area contributed by atoms with Crippen molar-refractivity contribution < 1.29 is 19.0 Å². The van der Waals surface area contributed by atoms with E-state index < -0.39 is 18.7 Å². The summed E-state index contributed by atoms with van der Waals surface area (Å²) in [5.74, 6) is -0.610. The number of hydrogen-bond acceptors (Lipinski definition) is 3. The quantitative estimate of drug-likeness (QED) is 0.621. The molecule has 0 aliphatic carbocycles. The molecular weight excluding hydrogens is 151 g/mol. The first-order valence-electron chi connectivity index (χ1n) is 3.50. The van der Waals surface area contributed by atoms with Crippen LogP contribution in [0.2, 0.25) is 0 Å². The van der Waals surface area contributed by atoms with Gasteiger partial charge in [-0.2, -0.15) is 0 Å². The van der Waals surface area contributed by atoms with Gasteiger partial charge >= 0.3 is 5.97 Å².